The number of fused-ring (bicyclic) bond motifs is 6. The maximum absolute atomic E-state index is 15.4. The van der Waals surface area contributed by atoms with Gasteiger partial charge in [0.05, 0.1) is 43.5 Å². The van der Waals surface area contributed by atoms with Crippen LogP contribution < -0.4 is 91.6 Å². The molecule has 6 rings (SSSR count). The molecule has 18 atom stereocenters. The Morgan fingerprint density at radius 2 is 0.985 bits per heavy atom. The number of amides is 15. The van der Waals surface area contributed by atoms with Gasteiger partial charge in [-0.05, 0) is 117 Å². The van der Waals surface area contributed by atoms with Gasteiger partial charge < -0.3 is 117 Å². The lowest BCUT2D eigenvalue weighted by Crippen LogP contribution is -2.63. The van der Waals surface area contributed by atoms with Crippen molar-refractivity contribution in [3.8, 4) is 0 Å². The smallest absolute Gasteiger partial charge is 0.305 e. The second-order valence-corrected chi connectivity index (χ2v) is 35.3. The maximum Gasteiger partial charge on any atom is 0.305 e. The van der Waals surface area contributed by atoms with E-state index >= 15 is 14.4 Å². The number of aliphatic hydroxyl groups excluding tert-OH is 2. The average Bonchev–Trinajstić information content (AvgIpc) is 0.815. The molecule has 4 aromatic carbocycles. The van der Waals surface area contributed by atoms with Crippen LogP contribution in [-0.4, -0.2) is 289 Å². The van der Waals surface area contributed by atoms with Gasteiger partial charge in [-0.25, -0.2) is 0 Å². The summed E-state index contributed by atoms with van der Waals surface area (Å²) in [7, 11) is 3.06. The summed E-state index contributed by atoms with van der Waals surface area (Å²) in [5.41, 5.74) is 18.4. The van der Waals surface area contributed by atoms with Crippen molar-refractivity contribution in [3.05, 3.63) is 119 Å². The predicted molar refractivity (Wildman–Crippen MR) is 477 cm³/mol. The van der Waals surface area contributed by atoms with Gasteiger partial charge in [0.2, 0.25) is 88.6 Å². The highest BCUT2D eigenvalue weighted by Gasteiger charge is 2.42. The summed E-state index contributed by atoms with van der Waals surface area (Å²) < 4.78 is 0. The second-order valence-electron chi connectivity index (χ2n) is 34.3. The first-order valence-corrected chi connectivity index (χ1v) is 44.0. The zero-order valence-electron chi connectivity index (χ0n) is 75.0. The lowest BCUT2D eigenvalue weighted by molar-refractivity contribution is -0.142. The Balaban J connectivity index is 1.59. The summed E-state index contributed by atoms with van der Waals surface area (Å²) >= 11 is 0.950. The molecule has 26 N–H and O–H groups in total. The Labute approximate surface area is 765 Å². The summed E-state index contributed by atoms with van der Waals surface area (Å²) in [5, 5.41) is 100. The molecular formula is C87H123N19O25S. The van der Waals surface area contributed by atoms with Gasteiger partial charge >= 0.3 is 23.9 Å². The number of benzene rings is 4. The summed E-state index contributed by atoms with van der Waals surface area (Å²) in [6.45, 7) is 10.4. The molecule has 44 nitrogen and oxygen atoms in total. The SMILES string of the molecule is CC[C@H](O)C(C)C[C@@H]1NC(O)[C@H](Cc2ccccc2)NC(=O)[C@H](CC(=O)O)NC(=O)[C@H](CCC(=O)O)NC(=O)[C@H]2CSCc3cc(cc(c3)CN(C)C[C@H](NC(=O)[C@H](C)N)C(=O)N[C@H](C)C(=O)N[C@@H](CC(N)=O)C(=O)N[C@@H](CCC(=O)O)C(=O)N[C@@H](Cc3cccc4ccccc34)C(=O)N[C@H](C)C(=O)N2)CN(C)C[C@@H](C(N)=O)NC(=O)[C@H](C(C)(C)C)NC(=O)[C@H](CC(=O)O)NC1=O. The summed E-state index contributed by atoms with van der Waals surface area (Å²) in [6.07, 6.45) is -10.9. The van der Waals surface area contributed by atoms with Crippen LogP contribution >= 0.6 is 11.8 Å². The topological polar surface area (TPSA) is 699 Å². The standard InChI is InChI=1S/C87H123N19O25S/c1-11-65(107)43(2)28-56-79(124)100-61(36-70(115)116)83(128)104-71(87(6,7)8)86(131)101-62(72(90)117)39-105(9)37-48-29-49-31-50(30-48)41-132-42-64(85(130)94-55(25-27-68(111)112)77(122)99-60(35-69(113)114)82(127)97-57(80(125)96-56)32-47-18-13-12-14-19-47)103-75(120)46(5)91-78(123)58(33-52-22-17-21-51-20-15-16-23-53(51)52)98-76(121)54(24-26-67(109)110)93-81(126)59(34-66(89)108)95-74(119)45(4)92-84(129)63(40-106(10)38-49)102-73(118)44(3)88/h12-23,29-31,43-46,54-65,71,80,96,107,125H,11,24-28,32-42,88H2,1-10H3,(H2,89,108)(H2,90,117)(H,91,123)(H,92,129)(H,93,126)(H,94,130)(H,95,119)(H,97,127)(H,98,121)(H,99,122)(H,100,124)(H,101,131)(H,102,118)(H,103,120)(H,104,128)(H,109,110)(H,111,112)(H,113,114)(H,115,116)/t43?,44-,45+,46+,54-,55-,56-,57-,58-,59-,60-,61-,62-,63-,64+,65-,71+,80?/m0/s1. The number of carboxylic acids is 4. The number of aliphatic carboxylic acids is 4. The Bertz CT molecular complexity index is 4820. The van der Waals surface area contributed by atoms with Crippen molar-refractivity contribution < 1.29 is 122 Å². The van der Waals surface area contributed by atoms with Crippen LogP contribution in [-0.2, 0) is 123 Å². The minimum atomic E-state index is -2.18. The second kappa shape index (κ2) is 51.1. The molecule has 0 radical (unpaired) electrons. The molecule has 722 valence electrons. The highest BCUT2D eigenvalue weighted by atomic mass is 32.2. The van der Waals surface area contributed by atoms with E-state index in [2.05, 4.69) is 74.4 Å². The van der Waals surface area contributed by atoms with Crippen molar-refractivity contribution in [1.82, 2.24) is 84.2 Å². The van der Waals surface area contributed by atoms with Crippen molar-refractivity contribution in [1.29, 1.82) is 0 Å². The number of carbonyl (C=O) groups is 19. The van der Waals surface area contributed by atoms with E-state index in [9.17, 15) is 107 Å². The molecule has 2 unspecified atom stereocenters. The van der Waals surface area contributed by atoms with Crippen LogP contribution in [0.3, 0.4) is 0 Å². The average molecular weight is 1870 g/mol. The molecule has 15 amide bonds. The molecule has 2 aliphatic rings. The molecule has 0 saturated heterocycles. The third-order valence-electron chi connectivity index (χ3n) is 21.8. The third kappa shape index (κ3) is 35.1. The van der Waals surface area contributed by atoms with E-state index in [0.717, 1.165) is 11.8 Å². The highest BCUT2D eigenvalue weighted by molar-refractivity contribution is 7.98. The van der Waals surface area contributed by atoms with E-state index in [1.165, 1.54) is 62.6 Å². The zero-order chi connectivity index (χ0) is 98.3. The van der Waals surface area contributed by atoms with Gasteiger partial charge in [0.15, 0.2) is 0 Å². The van der Waals surface area contributed by atoms with Gasteiger partial charge in [-0.3, -0.25) is 106 Å². The number of thioether (sulfide) groups is 1. The number of rotatable bonds is 23. The normalized spacial score (nSPS) is 25.4. The van der Waals surface area contributed by atoms with Crippen LogP contribution in [0.5, 0.6) is 0 Å². The van der Waals surface area contributed by atoms with E-state index in [-0.39, 0.29) is 44.8 Å². The number of nitrogens with two attached hydrogens (primary N) is 3. The van der Waals surface area contributed by atoms with Crippen LogP contribution in [0.25, 0.3) is 10.8 Å². The minimum absolute atomic E-state index is 0.115. The Hall–Kier alpha value is -12.8. The molecule has 0 aliphatic carbocycles. The molecule has 0 aromatic heterocycles. The fraction of sp³-hybridized carbons (Fsp3) is 0.529. The summed E-state index contributed by atoms with van der Waals surface area (Å²) in [5.74, 6) is -25.3. The number of aliphatic hydroxyl groups is 2. The van der Waals surface area contributed by atoms with Crippen molar-refractivity contribution in [2.24, 2.45) is 28.5 Å². The Morgan fingerprint density at radius 1 is 0.515 bits per heavy atom. The lowest BCUT2D eigenvalue weighted by atomic mass is 9.85. The molecule has 2 heterocycles. The molecular weight excluding hydrogens is 1740 g/mol. The van der Waals surface area contributed by atoms with Crippen molar-refractivity contribution in [2.45, 2.75) is 248 Å². The quantitative estimate of drug-likeness (QED) is 0.0332. The molecule has 4 bridgehead atoms. The molecule has 0 fully saturated rings. The highest BCUT2D eigenvalue weighted by Crippen LogP contribution is 2.26. The summed E-state index contributed by atoms with van der Waals surface area (Å²) in [6, 6.07) is -1.69. The fourth-order valence-electron chi connectivity index (χ4n) is 14.6. The molecule has 2 aliphatic heterocycles. The largest absolute Gasteiger partial charge is 0.481 e. The molecule has 0 spiro atoms. The Morgan fingerprint density at radius 3 is 1.53 bits per heavy atom. The first-order chi connectivity index (χ1) is 62.0. The van der Waals surface area contributed by atoms with Crippen LogP contribution in [0.1, 0.15) is 141 Å². The van der Waals surface area contributed by atoms with Gasteiger partial charge in [0.25, 0.3) is 0 Å². The number of nitrogens with one attached hydrogen (secondary N) is 14. The molecule has 4 aromatic rings. The summed E-state index contributed by atoms with van der Waals surface area (Å²) in [4.78, 5) is 271. The zero-order valence-corrected chi connectivity index (χ0v) is 75.9. The van der Waals surface area contributed by atoms with Gasteiger partial charge in [0.1, 0.15) is 78.7 Å². The number of hydrogen-bond acceptors (Lipinski definition) is 26. The third-order valence-corrected chi connectivity index (χ3v) is 22.9. The number of primary amides is 2. The van der Waals surface area contributed by atoms with E-state index in [4.69, 9.17) is 17.2 Å². The van der Waals surface area contributed by atoms with Gasteiger partial charge in [-0.15, -0.1) is 0 Å². The van der Waals surface area contributed by atoms with Gasteiger partial charge in [-0.1, -0.05) is 126 Å². The van der Waals surface area contributed by atoms with Crippen LogP contribution in [0.15, 0.2) is 91.0 Å². The van der Waals surface area contributed by atoms with Gasteiger partial charge in [-0.2, -0.15) is 11.8 Å². The van der Waals surface area contributed by atoms with E-state index in [1.807, 2.05) is 0 Å². The molecule has 132 heavy (non-hydrogen) atoms. The number of likely N-dealkylation sites (N-methyl/N-ethyl adjacent to an activating group) is 2. The molecule has 0 saturated carbocycles. The first-order valence-electron chi connectivity index (χ1n) is 42.8. The van der Waals surface area contributed by atoms with E-state index in [1.54, 1.807) is 108 Å². The maximum atomic E-state index is 15.4. The number of carboxylic acid groups (broad SMARTS) is 4. The van der Waals surface area contributed by atoms with Crippen LogP contribution in [0.4, 0.5) is 0 Å². The fourth-order valence-corrected chi connectivity index (χ4v) is 15.6. The van der Waals surface area contributed by atoms with Crippen molar-refractivity contribution in [2.75, 3.05) is 32.9 Å². The number of hydrogen-bond donors (Lipinski definition) is 23. The van der Waals surface area contributed by atoms with E-state index < -0.39 is 290 Å². The Kier molecular flexibility index (Phi) is 41.8. The monoisotopic (exact) mass is 1870 g/mol. The van der Waals surface area contributed by atoms with Crippen LogP contribution in [0, 0.1) is 11.3 Å². The lowest BCUT2D eigenvalue weighted by Gasteiger charge is -2.34. The first kappa shape index (κ1) is 108. The van der Waals surface area contributed by atoms with Crippen LogP contribution in [0.2, 0.25) is 0 Å². The number of carbonyl (C=O) groups excluding carboxylic acids is 15. The van der Waals surface area contributed by atoms with E-state index in [0.29, 0.717) is 38.6 Å². The van der Waals surface area contributed by atoms with Crippen molar-refractivity contribution >= 4 is 135 Å². The predicted octanol–water partition coefficient (Wildman–Crippen LogP) is -4.70. The minimum Gasteiger partial charge on any atom is -0.481 e. The molecule has 45 heteroatoms. The number of nitrogens with zero attached hydrogens (tertiary/aromatic N) is 2. The van der Waals surface area contributed by atoms with Gasteiger partial charge in [0, 0.05) is 56.9 Å². The van der Waals surface area contributed by atoms with Crippen molar-refractivity contribution in [3.63, 3.8) is 0 Å².